The van der Waals surface area contributed by atoms with Gasteiger partial charge in [0, 0.05) is 5.56 Å². The number of hydrogen-bond donors (Lipinski definition) is 1. The Morgan fingerprint density at radius 2 is 2.18 bits per heavy atom. The van der Waals surface area contributed by atoms with Gasteiger partial charge in [-0.3, -0.25) is 4.79 Å². The largest absolute Gasteiger partial charge is 0.493 e. The van der Waals surface area contributed by atoms with Crippen molar-refractivity contribution in [3.63, 3.8) is 0 Å². The van der Waals surface area contributed by atoms with Gasteiger partial charge in [0.05, 0.1) is 20.6 Å². The smallest absolute Gasteiger partial charge is 0.303 e. The van der Waals surface area contributed by atoms with Gasteiger partial charge in [-0.25, -0.2) is 0 Å². The van der Waals surface area contributed by atoms with Crippen LogP contribution in [0.25, 0.3) is 0 Å². The van der Waals surface area contributed by atoms with Crippen LogP contribution in [0.3, 0.4) is 0 Å². The summed E-state index contributed by atoms with van der Waals surface area (Å²) in [6.07, 6.45) is 1.90. The van der Waals surface area contributed by atoms with E-state index in [-0.39, 0.29) is 12.3 Å². The van der Waals surface area contributed by atoms with Crippen LogP contribution in [0.4, 0.5) is 0 Å². The van der Waals surface area contributed by atoms with Crippen LogP contribution in [-0.2, 0) is 11.2 Å². The molecular weight excluding hydrogens is 220 g/mol. The van der Waals surface area contributed by atoms with Crippen molar-refractivity contribution in [2.24, 2.45) is 0 Å². The van der Waals surface area contributed by atoms with Gasteiger partial charge < -0.3 is 14.6 Å². The molecule has 0 bridgehead atoms. The highest BCUT2D eigenvalue weighted by atomic mass is 16.5. The summed E-state index contributed by atoms with van der Waals surface area (Å²) in [5.74, 6) is 0.806. The summed E-state index contributed by atoms with van der Waals surface area (Å²) >= 11 is 0. The molecule has 1 aliphatic carbocycles. The first-order valence-corrected chi connectivity index (χ1v) is 5.63. The zero-order valence-electron chi connectivity index (χ0n) is 10.0. The van der Waals surface area contributed by atoms with E-state index in [2.05, 4.69) is 0 Å². The molecule has 92 valence electrons. The molecule has 0 amide bonds. The van der Waals surface area contributed by atoms with Crippen LogP contribution in [0.1, 0.15) is 29.9 Å². The standard InChI is InChI=1S/C13H16O4/c1-16-11-6-5-9-8(7-12(14)15)3-4-10(9)13(11)17-2/h5-6,8H,3-4,7H2,1-2H3,(H,14,15). The molecule has 1 aliphatic rings. The van der Waals surface area contributed by atoms with E-state index in [0.717, 1.165) is 29.7 Å². The van der Waals surface area contributed by atoms with Gasteiger partial charge in [0.25, 0.3) is 0 Å². The predicted octanol–water partition coefficient (Wildman–Crippen LogP) is 2.21. The van der Waals surface area contributed by atoms with Crippen molar-refractivity contribution < 1.29 is 19.4 Å². The van der Waals surface area contributed by atoms with E-state index in [0.29, 0.717) is 5.75 Å². The first-order chi connectivity index (χ1) is 8.17. The van der Waals surface area contributed by atoms with Crippen LogP contribution in [-0.4, -0.2) is 25.3 Å². The molecule has 2 rings (SSSR count). The van der Waals surface area contributed by atoms with E-state index >= 15 is 0 Å². The zero-order chi connectivity index (χ0) is 12.4. The summed E-state index contributed by atoms with van der Waals surface area (Å²) in [7, 11) is 3.22. The highest BCUT2D eigenvalue weighted by molar-refractivity contribution is 5.69. The molecule has 0 fully saturated rings. The van der Waals surface area contributed by atoms with E-state index in [1.807, 2.05) is 12.1 Å². The number of rotatable bonds is 4. The number of ether oxygens (including phenoxy) is 2. The van der Waals surface area contributed by atoms with Crippen molar-refractivity contribution in [2.75, 3.05) is 14.2 Å². The van der Waals surface area contributed by atoms with Crippen LogP contribution >= 0.6 is 0 Å². The lowest BCUT2D eigenvalue weighted by molar-refractivity contribution is -0.137. The van der Waals surface area contributed by atoms with E-state index in [1.54, 1.807) is 14.2 Å². The Balaban J connectivity index is 2.38. The lowest BCUT2D eigenvalue weighted by Gasteiger charge is -2.13. The second-order valence-electron chi connectivity index (χ2n) is 4.20. The van der Waals surface area contributed by atoms with Gasteiger partial charge in [-0.05, 0) is 30.4 Å². The lowest BCUT2D eigenvalue weighted by Crippen LogP contribution is -2.03. The number of carboxylic acids is 1. The van der Waals surface area contributed by atoms with Crippen LogP contribution in [0.2, 0.25) is 0 Å². The fraction of sp³-hybridized carbons (Fsp3) is 0.462. The molecule has 17 heavy (non-hydrogen) atoms. The summed E-state index contributed by atoms with van der Waals surface area (Å²) in [6, 6.07) is 3.80. The molecule has 0 radical (unpaired) electrons. The third-order valence-corrected chi connectivity index (χ3v) is 3.29. The Morgan fingerprint density at radius 1 is 1.41 bits per heavy atom. The molecule has 0 heterocycles. The molecule has 0 aliphatic heterocycles. The van der Waals surface area contributed by atoms with Crippen molar-refractivity contribution >= 4 is 5.97 Å². The number of methoxy groups -OCH3 is 2. The lowest BCUT2D eigenvalue weighted by atomic mass is 9.97. The average molecular weight is 236 g/mol. The monoisotopic (exact) mass is 236 g/mol. The molecular formula is C13H16O4. The van der Waals surface area contributed by atoms with Gasteiger partial charge in [0.2, 0.25) is 0 Å². The maximum absolute atomic E-state index is 10.8. The first kappa shape index (κ1) is 11.8. The van der Waals surface area contributed by atoms with E-state index in [4.69, 9.17) is 14.6 Å². The Labute approximate surface area is 100 Å². The third-order valence-electron chi connectivity index (χ3n) is 3.29. The van der Waals surface area contributed by atoms with Crippen molar-refractivity contribution in [3.05, 3.63) is 23.3 Å². The molecule has 0 saturated heterocycles. The molecule has 0 saturated carbocycles. The average Bonchev–Trinajstić information content (AvgIpc) is 2.70. The molecule has 1 aromatic rings. The zero-order valence-corrected chi connectivity index (χ0v) is 10.0. The minimum absolute atomic E-state index is 0.0994. The van der Waals surface area contributed by atoms with Gasteiger partial charge >= 0.3 is 5.97 Å². The fourth-order valence-corrected chi connectivity index (χ4v) is 2.54. The first-order valence-electron chi connectivity index (χ1n) is 5.63. The van der Waals surface area contributed by atoms with Crippen LogP contribution in [0.15, 0.2) is 12.1 Å². The summed E-state index contributed by atoms with van der Waals surface area (Å²) in [6.45, 7) is 0. The molecule has 4 nitrogen and oxygen atoms in total. The Morgan fingerprint density at radius 3 is 2.76 bits per heavy atom. The molecule has 0 aromatic heterocycles. The van der Waals surface area contributed by atoms with E-state index in [9.17, 15) is 4.79 Å². The Kier molecular flexibility index (Phi) is 3.22. The topological polar surface area (TPSA) is 55.8 Å². The number of fused-ring (bicyclic) bond motifs is 1. The second-order valence-corrected chi connectivity index (χ2v) is 4.20. The van der Waals surface area contributed by atoms with Gasteiger partial charge in [0.1, 0.15) is 0 Å². The summed E-state index contributed by atoms with van der Waals surface area (Å²) in [5, 5.41) is 8.87. The number of hydrogen-bond acceptors (Lipinski definition) is 3. The van der Waals surface area contributed by atoms with Crippen LogP contribution < -0.4 is 9.47 Å². The van der Waals surface area contributed by atoms with Gasteiger partial charge in [-0.15, -0.1) is 0 Å². The van der Waals surface area contributed by atoms with Gasteiger partial charge in [0.15, 0.2) is 11.5 Å². The van der Waals surface area contributed by atoms with Crippen molar-refractivity contribution in [1.29, 1.82) is 0 Å². The molecule has 1 atom stereocenters. The molecule has 4 heteroatoms. The summed E-state index contributed by atoms with van der Waals surface area (Å²) < 4.78 is 10.6. The van der Waals surface area contributed by atoms with Crippen molar-refractivity contribution in [1.82, 2.24) is 0 Å². The summed E-state index contributed by atoms with van der Waals surface area (Å²) in [5.41, 5.74) is 2.18. The number of carbonyl (C=O) groups is 1. The number of benzene rings is 1. The van der Waals surface area contributed by atoms with Gasteiger partial charge in [-0.1, -0.05) is 6.07 Å². The minimum Gasteiger partial charge on any atom is -0.493 e. The quantitative estimate of drug-likeness (QED) is 0.870. The molecule has 1 N–H and O–H groups in total. The Hall–Kier alpha value is -1.71. The number of carboxylic acid groups (broad SMARTS) is 1. The second kappa shape index (κ2) is 4.65. The van der Waals surface area contributed by atoms with Crippen molar-refractivity contribution in [2.45, 2.75) is 25.2 Å². The normalized spacial score (nSPS) is 17.6. The van der Waals surface area contributed by atoms with E-state index in [1.165, 1.54) is 0 Å². The van der Waals surface area contributed by atoms with Crippen LogP contribution in [0, 0.1) is 0 Å². The molecule has 1 unspecified atom stereocenters. The maximum Gasteiger partial charge on any atom is 0.303 e. The highest BCUT2D eigenvalue weighted by Gasteiger charge is 2.28. The third kappa shape index (κ3) is 2.07. The predicted molar refractivity (Wildman–Crippen MR) is 62.9 cm³/mol. The van der Waals surface area contributed by atoms with E-state index < -0.39 is 5.97 Å². The van der Waals surface area contributed by atoms with Gasteiger partial charge in [-0.2, -0.15) is 0 Å². The SMILES string of the molecule is COc1ccc2c(c1OC)CCC2CC(=O)O. The van der Waals surface area contributed by atoms with Crippen molar-refractivity contribution in [3.8, 4) is 11.5 Å². The molecule has 1 aromatic carbocycles. The highest BCUT2D eigenvalue weighted by Crippen LogP contribution is 2.44. The number of aliphatic carboxylic acids is 1. The Bertz CT molecular complexity index is 439. The fourth-order valence-electron chi connectivity index (χ4n) is 2.54. The maximum atomic E-state index is 10.8. The summed E-state index contributed by atoms with van der Waals surface area (Å²) in [4.78, 5) is 10.8. The van der Waals surface area contributed by atoms with Crippen LogP contribution in [0.5, 0.6) is 11.5 Å². The molecule has 0 spiro atoms. The minimum atomic E-state index is -0.752.